The van der Waals surface area contributed by atoms with Gasteiger partial charge in [0.25, 0.3) is 0 Å². The van der Waals surface area contributed by atoms with E-state index in [9.17, 15) is 9.59 Å². The number of hydrogen-bond acceptors (Lipinski definition) is 11. The monoisotopic (exact) mass is 516 g/mol. The zero-order chi connectivity index (χ0) is 22.4. The third kappa shape index (κ3) is 9.03. The second-order valence-electron chi connectivity index (χ2n) is 5.01. The van der Waals surface area contributed by atoms with Crippen LogP contribution in [0.4, 0.5) is 0 Å². The zero-order valence-corrected chi connectivity index (χ0v) is 20.6. The minimum atomic E-state index is -0.0368. The van der Waals surface area contributed by atoms with Gasteiger partial charge in [0.15, 0.2) is 15.9 Å². The van der Waals surface area contributed by atoms with Gasteiger partial charge in [-0.15, -0.1) is 23.5 Å². The Balaban J connectivity index is 0.000000277. The summed E-state index contributed by atoms with van der Waals surface area (Å²) in [6.45, 7) is 0. The molecule has 0 radical (unpaired) electrons. The Bertz CT molecular complexity index is 905. The molecule has 0 atom stereocenters. The van der Waals surface area contributed by atoms with Gasteiger partial charge in [-0.05, 0) is 53.0 Å². The van der Waals surface area contributed by atoms with E-state index < -0.39 is 0 Å². The molecular formula is C18H17N4O3S4V-. The van der Waals surface area contributed by atoms with Crippen molar-refractivity contribution in [3.8, 4) is 0 Å². The van der Waals surface area contributed by atoms with Crippen LogP contribution in [0.2, 0.25) is 0 Å². The van der Waals surface area contributed by atoms with Gasteiger partial charge in [0.05, 0.1) is 5.57 Å². The van der Waals surface area contributed by atoms with Crippen LogP contribution in [0.25, 0.3) is 0 Å². The van der Waals surface area contributed by atoms with E-state index in [1.54, 1.807) is 48.2 Å². The van der Waals surface area contributed by atoms with E-state index >= 15 is 0 Å². The average molecular weight is 517 g/mol. The molecule has 7 nitrogen and oxygen atoms in total. The van der Waals surface area contributed by atoms with Gasteiger partial charge in [-0.2, -0.15) is 10.2 Å². The van der Waals surface area contributed by atoms with Crippen molar-refractivity contribution in [1.29, 1.82) is 0 Å². The first-order valence-electron chi connectivity index (χ1n) is 8.05. The molecule has 0 saturated carbocycles. The van der Waals surface area contributed by atoms with Gasteiger partial charge < -0.3 is 12.6 Å². The van der Waals surface area contributed by atoms with Gasteiger partial charge in [-0.25, -0.2) is 0 Å². The fourth-order valence-corrected chi connectivity index (χ4v) is 3.44. The minimum absolute atomic E-state index is 0.0278. The van der Waals surface area contributed by atoms with Crippen LogP contribution in [-0.4, -0.2) is 32.8 Å². The van der Waals surface area contributed by atoms with E-state index in [0.29, 0.717) is 15.5 Å². The normalized spacial score (nSPS) is 20.8. The van der Waals surface area contributed by atoms with E-state index in [0.717, 1.165) is 26.8 Å². The van der Waals surface area contributed by atoms with Gasteiger partial charge in [0.2, 0.25) is 0 Å². The SMILES string of the molecule is CSC([S-])=NNC=C1C=CC=CC1=O.CSC1=NNC(=C2C=CC=CC2=O)S1.[O]=[V]. The molecule has 1 heterocycles. The molecule has 0 aromatic rings. The van der Waals surface area contributed by atoms with Crippen LogP contribution in [0, 0.1) is 0 Å². The van der Waals surface area contributed by atoms with Crippen LogP contribution < -0.4 is 10.9 Å². The van der Waals surface area contributed by atoms with Gasteiger partial charge in [0, 0.05) is 11.8 Å². The van der Waals surface area contributed by atoms with Gasteiger partial charge in [-0.3, -0.25) is 20.4 Å². The zero-order valence-electron chi connectivity index (χ0n) is 15.9. The molecule has 0 aromatic heterocycles. The molecule has 157 valence electrons. The molecule has 0 aromatic carbocycles. The molecule has 0 unspecified atom stereocenters. The van der Waals surface area contributed by atoms with Crippen LogP contribution >= 0.6 is 35.3 Å². The summed E-state index contributed by atoms with van der Waals surface area (Å²) >= 11 is 10.3. The summed E-state index contributed by atoms with van der Waals surface area (Å²) in [4.78, 5) is 22.7. The van der Waals surface area contributed by atoms with Crippen molar-refractivity contribution in [3.05, 3.63) is 71.0 Å². The summed E-state index contributed by atoms with van der Waals surface area (Å²) in [5.74, 6) is -0.00896. The Morgan fingerprint density at radius 1 is 1.13 bits per heavy atom. The summed E-state index contributed by atoms with van der Waals surface area (Å²) in [5.41, 5.74) is 6.75. The van der Waals surface area contributed by atoms with Crippen LogP contribution in [0.3, 0.4) is 0 Å². The number of nitrogens with one attached hydrogen (secondary N) is 2. The number of nitrogens with zero attached hydrogens (tertiary/aromatic N) is 2. The summed E-state index contributed by atoms with van der Waals surface area (Å²) < 4.78 is 9.63. The number of ketones is 2. The standard InChI is InChI=1S/C9H8N2OS2.C9H10N2OS2.O.V/c1-13-9-11-10-8(14-9)6-4-2-3-5-7(6)12;1-14-9(13)11-10-6-7-4-2-3-5-8(7)12;;/h2-5,10H,1H3;2-6,10H,1H3,(H,11,13);;/p-1. The van der Waals surface area contributed by atoms with Gasteiger partial charge in [0.1, 0.15) is 5.03 Å². The van der Waals surface area contributed by atoms with E-state index in [-0.39, 0.29) is 11.6 Å². The van der Waals surface area contributed by atoms with Gasteiger partial charge >= 0.3 is 21.0 Å². The van der Waals surface area contributed by atoms with E-state index in [1.807, 2.05) is 18.6 Å². The van der Waals surface area contributed by atoms with E-state index in [1.165, 1.54) is 35.8 Å². The summed E-state index contributed by atoms with van der Waals surface area (Å²) in [5, 5.41) is 8.72. The average Bonchev–Trinajstić information content (AvgIpc) is 3.26. The first kappa shape index (κ1) is 26.4. The van der Waals surface area contributed by atoms with Crippen molar-refractivity contribution < 1.29 is 30.6 Å². The molecule has 0 fully saturated rings. The van der Waals surface area contributed by atoms with Crippen LogP contribution in [0.1, 0.15) is 0 Å². The fraction of sp³-hybridized carbons (Fsp3) is 0.111. The summed E-state index contributed by atoms with van der Waals surface area (Å²) in [7, 11) is 0. The quantitative estimate of drug-likeness (QED) is 0.189. The maximum atomic E-state index is 11.5. The van der Waals surface area contributed by atoms with Crippen LogP contribution in [0.15, 0.2) is 81.2 Å². The number of rotatable bonds is 2. The second-order valence-corrected chi connectivity index (χ2v) is 8.51. The third-order valence-corrected chi connectivity index (χ3v) is 6.22. The molecule has 30 heavy (non-hydrogen) atoms. The maximum absolute atomic E-state index is 11.5. The topological polar surface area (TPSA) is 100.0 Å². The predicted octanol–water partition coefficient (Wildman–Crippen LogP) is 3.08. The molecule has 2 aliphatic carbocycles. The van der Waals surface area contributed by atoms with Crippen molar-refractivity contribution >= 4 is 68.2 Å². The van der Waals surface area contributed by atoms with Crippen molar-refractivity contribution in [1.82, 2.24) is 10.9 Å². The molecule has 0 saturated heterocycles. The molecule has 3 rings (SSSR count). The first-order chi connectivity index (χ1) is 14.5. The molecular weight excluding hydrogens is 499 g/mol. The Morgan fingerprint density at radius 2 is 1.77 bits per heavy atom. The Morgan fingerprint density at radius 3 is 2.33 bits per heavy atom. The number of allylic oxidation sites excluding steroid dienone is 10. The van der Waals surface area contributed by atoms with Crippen molar-refractivity contribution in [2.45, 2.75) is 0 Å². The van der Waals surface area contributed by atoms with Crippen LogP contribution in [-0.2, 0) is 43.3 Å². The first-order valence-corrected chi connectivity index (χ1v) is 12.3. The Kier molecular flexibility index (Phi) is 13.4. The number of carbonyl (C=O) groups excluding carboxylic acids is 2. The Hall–Kier alpha value is -1.63. The third-order valence-electron chi connectivity index (χ3n) is 3.21. The fourth-order valence-electron chi connectivity index (χ4n) is 1.89. The number of thioether (sulfide) groups is 3. The molecule has 12 heteroatoms. The Labute approximate surface area is 202 Å². The number of hydrogen-bond donors (Lipinski definition) is 2. The summed E-state index contributed by atoms with van der Waals surface area (Å²) in [6.07, 6.45) is 19.0. The molecule has 0 amide bonds. The van der Waals surface area contributed by atoms with E-state index in [2.05, 4.69) is 21.1 Å². The molecule has 3 aliphatic rings. The second kappa shape index (κ2) is 15.2. The summed E-state index contributed by atoms with van der Waals surface area (Å²) in [6, 6.07) is 0. The molecule has 0 spiro atoms. The van der Waals surface area contributed by atoms with Crippen molar-refractivity contribution in [3.63, 3.8) is 0 Å². The van der Waals surface area contributed by atoms with Crippen LogP contribution in [0.5, 0.6) is 0 Å². The molecule has 1 aliphatic heterocycles. The molecule has 2 N–H and O–H groups in total. The van der Waals surface area contributed by atoms with Crippen molar-refractivity contribution in [2.75, 3.05) is 12.5 Å². The van der Waals surface area contributed by atoms with Crippen molar-refractivity contribution in [2.24, 2.45) is 10.2 Å². The predicted molar refractivity (Wildman–Crippen MR) is 125 cm³/mol. The van der Waals surface area contributed by atoms with Gasteiger partial charge in [-0.1, -0.05) is 24.3 Å². The number of hydrazone groups is 2. The number of carbonyl (C=O) groups is 2. The molecule has 0 bridgehead atoms. The van der Waals surface area contributed by atoms with E-state index in [4.69, 9.17) is 16.3 Å².